The van der Waals surface area contributed by atoms with Crippen LogP contribution in [0.5, 0.6) is 0 Å². The van der Waals surface area contributed by atoms with Crippen LogP contribution >= 0.6 is 0 Å². The van der Waals surface area contributed by atoms with Crippen molar-refractivity contribution < 1.29 is 13.2 Å². The number of piperidine rings is 1. The number of nitrogens with one attached hydrogen (secondary N) is 1. The van der Waals surface area contributed by atoms with Gasteiger partial charge in [-0.05, 0) is 56.5 Å². The summed E-state index contributed by atoms with van der Waals surface area (Å²) >= 11 is 0. The minimum atomic E-state index is -3.23. The molecule has 6 heteroatoms. The van der Waals surface area contributed by atoms with E-state index in [1.54, 1.807) is 12.1 Å². The fourth-order valence-corrected chi connectivity index (χ4v) is 3.58. The van der Waals surface area contributed by atoms with Gasteiger partial charge in [0.15, 0.2) is 9.84 Å². The lowest BCUT2D eigenvalue weighted by Gasteiger charge is -2.35. The van der Waals surface area contributed by atoms with Crippen LogP contribution in [-0.2, 0) is 9.84 Å². The van der Waals surface area contributed by atoms with Gasteiger partial charge in [-0.1, -0.05) is 6.92 Å². The van der Waals surface area contributed by atoms with Crippen molar-refractivity contribution in [1.29, 1.82) is 0 Å². The van der Waals surface area contributed by atoms with Gasteiger partial charge >= 0.3 is 0 Å². The predicted molar refractivity (Wildman–Crippen MR) is 91.3 cm³/mol. The fourth-order valence-electron chi connectivity index (χ4n) is 2.95. The highest BCUT2D eigenvalue weighted by atomic mass is 32.2. The summed E-state index contributed by atoms with van der Waals surface area (Å²) in [6.45, 7) is 7.16. The smallest absolute Gasteiger partial charge is 0.251 e. The normalized spacial score (nSPS) is 20.9. The third kappa shape index (κ3) is 5.04. The van der Waals surface area contributed by atoms with Crippen molar-refractivity contribution in [2.45, 2.75) is 37.6 Å². The van der Waals surface area contributed by atoms with Crippen molar-refractivity contribution >= 4 is 15.7 Å². The van der Waals surface area contributed by atoms with Crippen LogP contribution in [0.2, 0.25) is 0 Å². The van der Waals surface area contributed by atoms with Gasteiger partial charge in [0.1, 0.15) is 0 Å². The number of hydrogen-bond donors (Lipinski definition) is 1. The second-order valence-corrected chi connectivity index (χ2v) is 8.61. The Labute approximate surface area is 139 Å². The summed E-state index contributed by atoms with van der Waals surface area (Å²) in [6.07, 6.45) is 3.65. The molecule has 1 aliphatic heterocycles. The molecular weight excluding hydrogens is 312 g/mol. The molecule has 0 spiro atoms. The van der Waals surface area contributed by atoms with E-state index in [0.717, 1.165) is 19.3 Å². The summed E-state index contributed by atoms with van der Waals surface area (Å²) in [6, 6.07) is 6.36. The largest absolute Gasteiger partial charge is 0.350 e. The third-order valence-electron chi connectivity index (χ3n) is 4.41. The van der Waals surface area contributed by atoms with Gasteiger partial charge in [0, 0.05) is 31.0 Å². The Kier molecular flexibility index (Phi) is 5.81. The Morgan fingerprint density at radius 1 is 1.35 bits per heavy atom. The zero-order valence-corrected chi connectivity index (χ0v) is 14.9. The quantitative estimate of drug-likeness (QED) is 0.891. The molecule has 0 unspecified atom stereocenters. The molecule has 2 atom stereocenters. The molecule has 128 valence electrons. The van der Waals surface area contributed by atoms with Crippen LogP contribution in [0.1, 0.15) is 37.0 Å². The van der Waals surface area contributed by atoms with Crippen molar-refractivity contribution in [2.75, 3.05) is 25.9 Å². The molecule has 1 fully saturated rings. The molecule has 1 aromatic rings. The lowest BCUT2D eigenvalue weighted by Crippen LogP contribution is -2.46. The summed E-state index contributed by atoms with van der Waals surface area (Å²) in [5.41, 5.74) is 0.483. The number of hydrogen-bond acceptors (Lipinski definition) is 4. The lowest BCUT2D eigenvalue weighted by atomic mass is 9.99. The average molecular weight is 338 g/mol. The Bertz CT molecular complexity index is 640. The highest BCUT2D eigenvalue weighted by Gasteiger charge is 2.21. The molecule has 0 bridgehead atoms. The molecule has 0 aromatic heterocycles. The first-order chi connectivity index (χ1) is 10.8. The first kappa shape index (κ1) is 17.9. The number of likely N-dealkylation sites (tertiary alicyclic amines) is 1. The van der Waals surface area contributed by atoms with Crippen LogP contribution in [0.3, 0.4) is 0 Å². The van der Waals surface area contributed by atoms with E-state index < -0.39 is 9.84 Å². The van der Waals surface area contributed by atoms with Crippen LogP contribution in [0, 0.1) is 5.92 Å². The van der Waals surface area contributed by atoms with Gasteiger partial charge in [-0.2, -0.15) is 0 Å². The van der Waals surface area contributed by atoms with Crippen LogP contribution < -0.4 is 5.32 Å². The van der Waals surface area contributed by atoms with Crippen LogP contribution in [-0.4, -0.2) is 51.2 Å². The van der Waals surface area contributed by atoms with E-state index in [2.05, 4.69) is 24.1 Å². The molecule has 23 heavy (non-hydrogen) atoms. The maximum absolute atomic E-state index is 12.2. The van der Waals surface area contributed by atoms with E-state index in [-0.39, 0.29) is 10.8 Å². The SMILES string of the molecule is C[C@@H]1CCCN([C@@H](C)CNC(=O)c2ccc(S(C)(=O)=O)cc2)C1. The Balaban J connectivity index is 1.89. The van der Waals surface area contributed by atoms with Gasteiger partial charge in [0.05, 0.1) is 4.90 Å². The van der Waals surface area contributed by atoms with Crippen molar-refractivity contribution in [3.63, 3.8) is 0 Å². The molecule has 0 radical (unpaired) electrons. The number of amides is 1. The Morgan fingerprint density at radius 3 is 2.57 bits per heavy atom. The van der Waals surface area contributed by atoms with Gasteiger partial charge in [0.2, 0.25) is 0 Å². The van der Waals surface area contributed by atoms with Gasteiger partial charge < -0.3 is 5.32 Å². The van der Waals surface area contributed by atoms with Crippen LogP contribution in [0.4, 0.5) is 0 Å². The van der Waals surface area contributed by atoms with Gasteiger partial charge in [-0.15, -0.1) is 0 Å². The van der Waals surface area contributed by atoms with E-state index in [1.165, 1.54) is 25.0 Å². The van der Waals surface area contributed by atoms with Gasteiger partial charge in [-0.25, -0.2) is 8.42 Å². The monoisotopic (exact) mass is 338 g/mol. The van der Waals surface area contributed by atoms with Crippen LogP contribution in [0.25, 0.3) is 0 Å². The summed E-state index contributed by atoms with van der Waals surface area (Å²) in [5.74, 6) is 0.549. The molecule has 1 aromatic carbocycles. The summed E-state index contributed by atoms with van der Waals surface area (Å²) in [7, 11) is -3.23. The van der Waals surface area contributed by atoms with Crippen molar-refractivity contribution in [2.24, 2.45) is 5.92 Å². The first-order valence-corrected chi connectivity index (χ1v) is 9.99. The molecule has 5 nitrogen and oxygen atoms in total. The zero-order chi connectivity index (χ0) is 17.0. The topological polar surface area (TPSA) is 66.5 Å². The Hall–Kier alpha value is -1.40. The van der Waals surface area contributed by atoms with E-state index in [0.29, 0.717) is 24.1 Å². The first-order valence-electron chi connectivity index (χ1n) is 8.09. The number of sulfone groups is 1. The number of rotatable bonds is 5. The summed E-state index contributed by atoms with van der Waals surface area (Å²) < 4.78 is 22.8. The molecule has 1 amide bonds. The number of benzene rings is 1. The van der Waals surface area contributed by atoms with Crippen molar-refractivity contribution in [3.05, 3.63) is 29.8 Å². The summed E-state index contributed by atoms with van der Waals surface area (Å²) in [5, 5.41) is 2.94. The zero-order valence-electron chi connectivity index (χ0n) is 14.1. The third-order valence-corrected chi connectivity index (χ3v) is 5.54. The number of carbonyl (C=O) groups excluding carboxylic acids is 1. The average Bonchev–Trinajstić information content (AvgIpc) is 2.51. The molecule has 2 rings (SSSR count). The van der Waals surface area contributed by atoms with Gasteiger partial charge in [-0.3, -0.25) is 9.69 Å². The molecular formula is C17H26N2O3S. The standard InChI is InChI=1S/C17H26N2O3S/c1-13-5-4-10-19(12-13)14(2)11-18-17(20)15-6-8-16(9-7-15)23(3,21)22/h6-9,13-14H,4-5,10-12H2,1-3H3,(H,18,20)/t13-,14+/m1/s1. The van der Waals surface area contributed by atoms with Crippen LogP contribution in [0.15, 0.2) is 29.2 Å². The second kappa shape index (κ2) is 7.45. The highest BCUT2D eigenvalue weighted by Crippen LogP contribution is 2.17. The predicted octanol–water partition coefficient (Wildman–Crippen LogP) is 1.94. The minimum Gasteiger partial charge on any atom is -0.350 e. The van der Waals surface area contributed by atoms with E-state index >= 15 is 0 Å². The highest BCUT2D eigenvalue weighted by molar-refractivity contribution is 7.90. The van der Waals surface area contributed by atoms with E-state index in [9.17, 15) is 13.2 Å². The number of nitrogens with zero attached hydrogens (tertiary/aromatic N) is 1. The molecule has 1 aliphatic rings. The van der Waals surface area contributed by atoms with Gasteiger partial charge in [0.25, 0.3) is 5.91 Å². The maximum Gasteiger partial charge on any atom is 0.251 e. The van der Waals surface area contributed by atoms with Crippen molar-refractivity contribution in [1.82, 2.24) is 10.2 Å². The molecule has 1 saturated heterocycles. The minimum absolute atomic E-state index is 0.165. The van der Waals surface area contributed by atoms with E-state index in [4.69, 9.17) is 0 Å². The molecule has 0 saturated carbocycles. The fraction of sp³-hybridized carbons (Fsp3) is 0.588. The molecule has 1 heterocycles. The summed E-state index contributed by atoms with van der Waals surface area (Å²) in [4.78, 5) is 14.8. The number of carbonyl (C=O) groups is 1. The Morgan fingerprint density at radius 2 is 2.00 bits per heavy atom. The van der Waals surface area contributed by atoms with E-state index in [1.807, 2.05) is 0 Å². The molecule has 0 aliphatic carbocycles. The van der Waals surface area contributed by atoms with Crippen molar-refractivity contribution in [3.8, 4) is 0 Å². The maximum atomic E-state index is 12.2. The lowest BCUT2D eigenvalue weighted by molar-refractivity contribution is 0.0917. The molecule has 1 N–H and O–H groups in total. The second-order valence-electron chi connectivity index (χ2n) is 6.60.